The molecule has 0 fully saturated rings. The van der Waals surface area contributed by atoms with Crippen LogP contribution in [-0.4, -0.2) is 4.98 Å². The van der Waals surface area contributed by atoms with Gasteiger partial charge in [0.15, 0.2) is 0 Å². The number of imidazole rings is 1. The third kappa shape index (κ3) is 8.58. The third-order valence-electron chi connectivity index (χ3n) is 5.01. The number of aromatic amines is 1. The molecule has 1 heterocycles. The highest BCUT2D eigenvalue weighted by Gasteiger charge is 2.19. The lowest BCUT2D eigenvalue weighted by atomic mass is 10.0. The molecule has 0 aliphatic carbocycles. The van der Waals surface area contributed by atoms with Gasteiger partial charge in [-0.15, -0.1) is 0 Å². The van der Waals surface area contributed by atoms with Crippen molar-refractivity contribution in [1.82, 2.24) is 4.98 Å². The normalized spacial score (nSPS) is 12.9. The molecule has 1 N–H and O–H groups in total. The van der Waals surface area contributed by atoms with Crippen molar-refractivity contribution in [1.29, 1.82) is 0 Å². The molecule has 0 radical (unpaired) electrons. The molecular weight excluding hydrogens is 280 g/mol. The Morgan fingerprint density at radius 2 is 1.35 bits per heavy atom. The van der Waals surface area contributed by atoms with E-state index in [1.165, 1.54) is 82.9 Å². The highest BCUT2D eigenvalue weighted by molar-refractivity contribution is 4.87. The van der Waals surface area contributed by atoms with E-state index in [2.05, 4.69) is 49.6 Å². The SMILES string of the molecule is CCCCCCCCCCCCC[C@H](C)c1[nH]cc[n+]1C(C)C. The summed E-state index contributed by atoms with van der Waals surface area (Å²) in [4.78, 5) is 3.44. The van der Waals surface area contributed by atoms with Gasteiger partial charge in [-0.05, 0) is 20.3 Å². The minimum absolute atomic E-state index is 0.552. The number of unbranched alkanes of at least 4 members (excludes halogenated alkanes) is 10. The van der Waals surface area contributed by atoms with Crippen molar-refractivity contribution in [3.63, 3.8) is 0 Å². The zero-order valence-corrected chi connectivity index (χ0v) is 16.2. The molecule has 1 aromatic rings. The van der Waals surface area contributed by atoms with E-state index in [1.807, 2.05) is 0 Å². The topological polar surface area (TPSA) is 19.7 Å². The third-order valence-corrected chi connectivity index (χ3v) is 5.01. The van der Waals surface area contributed by atoms with Crippen LogP contribution in [0.2, 0.25) is 0 Å². The fourth-order valence-corrected chi connectivity index (χ4v) is 3.46. The lowest BCUT2D eigenvalue weighted by Gasteiger charge is -2.10. The molecule has 0 spiro atoms. The van der Waals surface area contributed by atoms with Crippen LogP contribution in [-0.2, 0) is 0 Å². The van der Waals surface area contributed by atoms with E-state index in [4.69, 9.17) is 0 Å². The summed E-state index contributed by atoms with van der Waals surface area (Å²) in [5, 5.41) is 0. The van der Waals surface area contributed by atoms with Crippen molar-refractivity contribution in [2.24, 2.45) is 0 Å². The second-order valence-electron chi connectivity index (χ2n) is 7.57. The number of hydrogen-bond acceptors (Lipinski definition) is 0. The van der Waals surface area contributed by atoms with Crippen LogP contribution in [0.15, 0.2) is 12.4 Å². The lowest BCUT2D eigenvalue weighted by molar-refractivity contribution is -0.723. The lowest BCUT2D eigenvalue weighted by Crippen LogP contribution is -2.39. The maximum Gasteiger partial charge on any atom is 0.257 e. The highest BCUT2D eigenvalue weighted by atomic mass is 15.1. The zero-order chi connectivity index (χ0) is 16.9. The van der Waals surface area contributed by atoms with Crippen molar-refractivity contribution < 1.29 is 4.57 Å². The first kappa shape index (κ1) is 20.3. The average Bonchev–Trinajstić information content (AvgIpc) is 3.02. The van der Waals surface area contributed by atoms with Crippen LogP contribution in [0.3, 0.4) is 0 Å². The van der Waals surface area contributed by atoms with Crippen LogP contribution < -0.4 is 4.57 Å². The molecular formula is C21H41N2+. The maximum absolute atomic E-state index is 3.44. The van der Waals surface area contributed by atoms with Gasteiger partial charge in [0.25, 0.3) is 5.82 Å². The molecule has 0 aromatic carbocycles. The Kier molecular flexibility index (Phi) is 11.1. The quantitative estimate of drug-likeness (QED) is 0.291. The Balaban J connectivity index is 1.99. The van der Waals surface area contributed by atoms with Gasteiger partial charge in [-0.2, -0.15) is 0 Å². The zero-order valence-electron chi connectivity index (χ0n) is 16.2. The summed E-state index contributed by atoms with van der Waals surface area (Å²) in [6.45, 7) is 9.17. The number of rotatable bonds is 14. The second-order valence-corrected chi connectivity index (χ2v) is 7.57. The number of hydrogen-bond donors (Lipinski definition) is 1. The van der Waals surface area contributed by atoms with Crippen LogP contribution in [0.5, 0.6) is 0 Å². The summed E-state index contributed by atoms with van der Waals surface area (Å²) < 4.78 is 2.38. The van der Waals surface area contributed by atoms with Crippen LogP contribution in [0.4, 0.5) is 0 Å². The summed E-state index contributed by atoms with van der Waals surface area (Å²) in [6.07, 6.45) is 21.3. The minimum atomic E-state index is 0.552. The molecule has 0 saturated carbocycles. The van der Waals surface area contributed by atoms with E-state index in [-0.39, 0.29) is 0 Å². The Morgan fingerprint density at radius 1 is 0.826 bits per heavy atom. The molecule has 0 amide bonds. The van der Waals surface area contributed by atoms with Gasteiger partial charge in [0, 0.05) is 0 Å². The van der Waals surface area contributed by atoms with E-state index >= 15 is 0 Å². The fourth-order valence-electron chi connectivity index (χ4n) is 3.46. The first-order valence-electron chi connectivity index (χ1n) is 10.2. The number of aromatic nitrogens is 2. The molecule has 0 aliphatic rings. The Labute approximate surface area is 145 Å². The van der Waals surface area contributed by atoms with Gasteiger partial charge in [0.05, 0.1) is 12.0 Å². The van der Waals surface area contributed by atoms with Crippen LogP contribution in [0, 0.1) is 0 Å². The van der Waals surface area contributed by atoms with Crippen molar-refractivity contribution in [3.8, 4) is 0 Å². The summed E-state index contributed by atoms with van der Waals surface area (Å²) >= 11 is 0. The Hall–Kier alpha value is -0.790. The van der Waals surface area contributed by atoms with Gasteiger partial charge in [0.2, 0.25) is 0 Å². The van der Waals surface area contributed by atoms with Gasteiger partial charge < -0.3 is 0 Å². The summed E-state index contributed by atoms with van der Waals surface area (Å²) in [6, 6.07) is 0.552. The average molecular weight is 322 g/mol. The molecule has 0 saturated heterocycles. The van der Waals surface area contributed by atoms with Gasteiger partial charge >= 0.3 is 0 Å². The van der Waals surface area contributed by atoms with Crippen LogP contribution in [0.25, 0.3) is 0 Å². The van der Waals surface area contributed by atoms with E-state index in [1.54, 1.807) is 0 Å². The highest BCUT2D eigenvalue weighted by Crippen LogP contribution is 2.19. The van der Waals surface area contributed by atoms with Gasteiger partial charge in [-0.25, -0.2) is 9.55 Å². The summed E-state index contributed by atoms with van der Waals surface area (Å²) in [5.41, 5.74) is 0. The first-order chi connectivity index (χ1) is 11.2. The van der Waals surface area contributed by atoms with Crippen molar-refractivity contribution in [2.45, 2.75) is 117 Å². The number of nitrogens with one attached hydrogen (secondary N) is 1. The Bertz CT molecular complexity index is 381. The van der Waals surface area contributed by atoms with E-state index in [0.717, 1.165) is 0 Å². The number of H-pyrrole nitrogens is 1. The summed E-state index contributed by atoms with van der Waals surface area (Å²) in [7, 11) is 0. The molecule has 0 bridgehead atoms. The van der Waals surface area contributed by atoms with Crippen molar-refractivity contribution in [2.75, 3.05) is 0 Å². The molecule has 0 unspecified atom stereocenters. The van der Waals surface area contributed by atoms with Crippen molar-refractivity contribution in [3.05, 3.63) is 18.2 Å². The van der Waals surface area contributed by atoms with Crippen molar-refractivity contribution >= 4 is 0 Å². The van der Waals surface area contributed by atoms with Gasteiger partial charge in [0.1, 0.15) is 12.4 Å². The molecule has 134 valence electrons. The first-order valence-corrected chi connectivity index (χ1v) is 10.2. The molecule has 0 aliphatic heterocycles. The van der Waals surface area contributed by atoms with E-state index in [9.17, 15) is 0 Å². The molecule has 1 atom stereocenters. The number of nitrogens with zero attached hydrogens (tertiary/aromatic N) is 1. The van der Waals surface area contributed by atoms with Crippen LogP contribution >= 0.6 is 0 Å². The van der Waals surface area contributed by atoms with Gasteiger partial charge in [-0.3, -0.25) is 0 Å². The largest absolute Gasteiger partial charge is 0.257 e. The molecule has 23 heavy (non-hydrogen) atoms. The van der Waals surface area contributed by atoms with E-state index < -0.39 is 0 Å². The van der Waals surface area contributed by atoms with Gasteiger partial charge in [-0.1, -0.05) is 84.5 Å². The Morgan fingerprint density at radius 3 is 1.87 bits per heavy atom. The monoisotopic (exact) mass is 321 g/mol. The van der Waals surface area contributed by atoms with Crippen LogP contribution in [0.1, 0.15) is 123 Å². The minimum Gasteiger partial charge on any atom is -0.247 e. The second kappa shape index (κ2) is 12.6. The fraction of sp³-hybridized carbons (Fsp3) is 0.857. The molecule has 2 nitrogen and oxygen atoms in total. The van der Waals surface area contributed by atoms with E-state index in [0.29, 0.717) is 12.0 Å². The molecule has 1 aromatic heterocycles. The molecule has 1 rings (SSSR count). The predicted octanol–water partition coefficient (Wildman–Crippen LogP) is 6.69. The maximum atomic E-state index is 3.44. The predicted molar refractivity (Wildman–Crippen MR) is 101 cm³/mol. The smallest absolute Gasteiger partial charge is 0.247 e. The molecule has 2 heteroatoms. The standard InChI is InChI=1S/C21H40N2/c1-5-6-7-8-9-10-11-12-13-14-15-16-20(4)21-22-17-18-23(21)19(2)3/h17-20H,5-16H2,1-4H3/p+1/t20-/m0/s1. The summed E-state index contributed by atoms with van der Waals surface area (Å²) in [5.74, 6) is 2.04.